The van der Waals surface area contributed by atoms with E-state index in [0.29, 0.717) is 17.9 Å². The fraction of sp³-hybridized carbons (Fsp3) is 0.152. The summed E-state index contributed by atoms with van der Waals surface area (Å²) in [5, 5.41) is 0. The van der Waals surface area contributed by atoms with Crippen molar-refractivity contribution in [3.8, 4) is 0 Å². The van der Waals surface area contributed by atoms with Crippen LogP contribution in [0.15, 0.2) is 97.1 Å². The van der Waals surface area contributed by atoms with E-state index in [1.54, 1.807) is 6.08 Å². The highest BCUT2D eigenvalue weighted by molar-refractivity contribution is 5.95. The molecule has 0 N–H and O–H groups in total. The Morgan fingerprint density at radius 1 is 0.821 bits per heavy atom. The van der Waals surface area contributed by atoms with E-state index < -0.39 is 17.6 Å². The van der Waals surface area contributed by atoms with E-state index in [0.717, 1.165) is 16.6 Å². The molecule has 0 amide bonds. The first-order valence-electron chi connectivity index (χ1n) is 12.7. The highest BCUT2D eigenvalue weighted by atomic mass is 19.1. The number of nitrogens with zero attached hydrogens (tertiary/aromatic N) is 2. The fourth-order valence-corrected chi connectivity index (χ4v) is 4.31. The van der Waals surface area contributed by atoms with Gasteiger partial charge in [-0.1, -0.05) is 57.2 Å². The molecule has 0 fully saturated rings. The molecule has 0 unspecified atom stereocenters. The van der Waals surface area contributed by atoms with Crippen LogP contribution in [0.1, 0.15) is 53.6 Å². The van der Waals surface area contributed by atoms with Gasteiger partial charge < -0.3 is 9.30 Å². The number of aromatic nitrogens is 2. The molecule has 0 aliphatic heterocycles. The quantitative estimate of drug-likeness (QED) is 0.168. The van der Waals surface area contributed by atoms with Gasteiger partial charge in [-0.2, -0.15) is 0 Å². The lowest BCUT2D eigenvalue weighted by Crippen LogP contribution is -2.11. The number of para-hydroxylation sites is 2. The van der Waals surface area contributed by atoms with Gasteiger partial charge in [0.25, 0.3) is 0 Å². The molecule has 0 saturated carbocycles. The SMILES string of the molecule is CC(C)(C)c1ccc(Cn2c(/C=C(/OC(=O)c3ccc(F)cc3)c3ccc(F)cc3)nc3ccccc32)cc1. The van der Waals surface area contributed by atoms with Gasteiger partial charge >= 0.3 is 5.97 Å². The Balaban J connectivity index is 1.57. The van der Waals surface area contributed by atoms with Gasteiger partial charge in [-0.15, -0.1) is 0 Å². The number of halogens is 2. The fourth-order valence-electron chi connectivity index (χ4n) is 4.31. The lowest BCUT2D eigenvalue weighted by Gasteiger charge is -2.19. The standard InChI is InChI=1S/C33H28F2N2O2/c1-33(2,3)25-14-8-22(9-15-25)21-37-29-7-5-4-6-28(29)36-31(37)20-30(23-10-16-26(34)17-11-23)39-32(38)24-12-18-27(35)19-13-24/h4-20H,21H2,1-3H3/b30-20+. The minimum absolute atomic E-state index is 0.0482. The van der Waals surface area contributed by atoms with E-state index >= 15 is 0 Å². The van der Waals surface area contributed by atoms with Gasteiger partial charge in [-0.25, -0.2) is 18.6 Å². The highest BCUT2D eigenvalue weighted by Crippen LogP contribution is 2.27. The van der Waals surface area contributed by atoms with Crippen LogP contribution in [0.5, 0.6) is 0 Å². The number of hydrogen-bond acceptors (Lipinski definition) is 3. The number of benzene rings is 4. The minimum Gasteiger partial charge on any atom is -0.422 e. The highest BCUT2D eigenvalue weighted by Gasteiger charge is 2.17. The van der Waals surface area contributed by atoms with Crippen molar-refractivity contribution in [1.82, 2.24) is 9.55 Å². The monoisotopic (exact) mass is 522 g/mol. The van der Waals surface area contributed by atoms with Gasteiger partial charge in [-0.05, 0) is 77.2 Å². The summed E-state index contributed by atoms with van der Waals surface area (Å²) in [5.74, 6) is -0.753. The maximum atomic E-state index is 13.7. The van der Waals surface area contributed by atoms with Crippen LogP contribution in [-0.4, -0.2) is 15.5 Å². The third-order valence-corrected chi connectivity index (χ3v) is 6.52. The zero-order valence-corrected chi connectivity index (χ0v) is 22.0. The summed E-state index contributed by atoms with van der Waals surface area (Å²) in [4.78, 5) is 17.8. The molecule has 0 bridgehead atoms. The summed E-state index contributed by atoms with van der Waals surface area (Å²) in [7, 11) is 0. The number of carbonyl (C=O) groups is 1. The summed E-state index contributed by atoms with van der Waals surface area (Å²) < 4.78 is 34.9. The zero-order valence-electron chi connectivity index (χ0n) is 22.0. The average molecular weight is 523 g/mol. The number of hydrogen-bond donors (Lipinski definition) is 0. The number of imidazole rings is 1. The largest absolute Gasteiger partial charge is 0.422 e. The molecule has 5 rings (SSSR count). The summed E-state index contributed by atoms with van der Waals surface area (Å²) in [6, 6.07) is 27.1. The predicted octanol–water partition coefficient (Wildman–Crippen LogP) is 8.02. The maximum Gasteiger partial charge on any atom is 0.343 e. The van der Waals surface area contributed by atoms with Crippen molar-refractivity contribution in [2.24, 2.45) is 0 Å². The van der Waals surface area contributed by atoms with Gasteiger partial charge in [0.1, 0.15) is 23.2 Å². The van der Waals surface area contributed by atoms with E-state index in [9.17, 15) is 13.6 Å². The van der Waals surface area contributed by atoms with Crippen LogP contribution in [0.4, 0.5) is 8.78 Å². The molecule has 0 radical (unpaired) electrons. The minimum atomic E-state index is -0.661. The summed E-state index contributed by atoms with van der Waals surface area (Å²) >= 11 is 0. The smallest absolute Gasteiger partial charge is 0.343 e. The Hall–Kier alpha value is -4.58. The van der Waals surface area contributed by atoms with E-state index in [2.05, 4.69) is 49.6 Å². The van der Waals surface area contributed by atoms with Crippen LogP contribution in [-0.2, 0) is 16.7 Å². The van der Waals surface area contributed by atoms with Crippen LogP contribution in [0.3, 0.4) is 0 Å². The first kappa shape index (κ1) is 26.0. The van der Waals surface area contributed by atoms with Crippen molar-refractivity contribution in [2.75, 3.05) is 0 Å². The van der Waals surface area contributed by atoms with Crippen molar-refractivity contribution in [3.05, 3.63) is 137 Å². The molecule has 1 heterocycles. The second-order valence-electron chi connectivity index (χ2n) is 10.4. The summed E-state index contributed by atoms with van der Waals surface area (Å²) in [6.45, 7) is 7.08. The third kappa shape index (κ3) is 5.96. The zero-order chi connectivity index (χ0) is 27.6. The van der Waals surface area contributed by atoms with Crippen LogP contribution < -0.4 is 0 Å². The first-order chi connectivity index (χ1) is 18.7. The molecule has 5 aromatic rings. The lowest BCUT2D eigenvalue weighted by molar-refractivity contribution is 0.0693. The van der Waals surface area contributed by atoms with Crippen LogP contribution in [0, 0.1) is 11.6 Å². The van der Waals surface area contributed by atoms with E-state index in [1.165, 1.54) is 54.1 Å². The molecule has 196 valence electrons. The van der Waals surface area contributed by atoms with E-state index in [-0.39, 0.29) is 16.7 Å². The molecule has 0 aliphatic carbocycles. The molecule has 39 heavy (non-hydrogen) atoms. The molecule has 0 atom stereocenters. The van der Waals surface area contributed by atoms with Crippen molar-refractivity contribution in [1.29, 1.82) is 0 Å². The van der Waals surface area contributed by atoms with Crippen molar-refractivity contribution in [2.45, 2.75) is 32.7 Å². The van der Waals surface area contributed by atoms with Gasteiger partial charge in [0.05, 0.1) is 16.6 Å². The normalized spacial score (nSPS) is 12.1. The molecular formula is C33H28F2N2O2. The van der Waals surface area contributed by atoms with Gasteiger partial charge in [0.15, 0.2) is 0 Å². The molecule has 0 saturated heterocycles. The number of fused-ring (bicyclic) bond motifs is 1. The molecule has 4 nitrogen and oxygen atoms in total. The summed E-state index contributed by atoms with van der Waals surface area (Å²) in [6.07, 6.45) is 1.68. The van der Waals surface area contributed by atoms with E-state index in [4.69, 9.17) is 9.72 Å². The van der Waals surface area contributed by atoms with Crippen LogP contribution in [0.2, 0.25) is 0 Å². The Kier molecular flexibility index (Phi) is 7.11. The van der Waals surface area contributed by atoms with Gasteiger partial charge in [0, 0.05) is 18.2 Å². The van der Waals surface area contributed by atoms with Crippen LogP contribution in [0.25, 0.3) is 22.9 Å². The molecule has 0 aliphatic rings. The average Bonchev–Trinajstić information content (AvgIpc) is 3.25. The first-order valence-corrected chi connectivity index (χ1v) is 12.7. The number of carbonyl (C=O) groups excluding carboxylic acids is 1. The molecule has 0 spiro atoms. The lowest BCUT2D eigenvalue weighted by atomic mass is 9.87. The molecule has 6 heteroatoms. The number of rotatable bonds is 6. The van der Waals surface area contributed by atoms with Crippen molar-refractivity contribution < 1.29 is 18.3 Å². The van der Waals surface area contributed by atoms with Crippen LogP contribution >= 0.6 is 0 Å². The summed E-state index contributed by atoms with van der Waals surface area (Å²) in [5.41, 5.74) is 4.79. The van der Waals surface area contributed by atoms with E-state index in [1.807, 2.05) is 24.3 Å². The van der Waals surface area contributed by atoms with Crippen molar-refractivity contribution >= 4 is 28.8 Å². The number of ether oxygens (including phenoxy) is 1. The second kappa shape index (κ2) is 10.7. The second-order valence-corrected chi connectivity index (χ2v) is 10.4. The van der Waals surface area contributed by atoms with Crippen molar-refractivity contribution in [3.63, 3.8) is 0 Å². The Bertz CT molecular complexity index is 1640. The number of esters is 1. The predicted molar refractivity (Wildman–Crippen MR) is 150 cm³/mol. The topological polar surface area (TPSA) is 44.1 Å². The maximum absolute atomic E-state index is 13.7. The third-order valence-electron chi connectivity index (χ3n) is 6.52. The Morgan fingerprint density at radius 3 is 2.03 bits per heavy atom. The molecule has 4 aromatic carbocycles. The Labute approximate surface area is 226 Å². The molecular weight excluding hydrogens is 494 g/mol. The van der Waals surface area contributed by atoms with Gasteiger partial charge in [-0.3, -0.25) is 0 Å². The Morgan fingerprint density at radius 2 is 1.41 bits per heavy atom. The van der Waals surface area contributed by atoms with Gasteiger partial charge in [0.2, 0.25) is 0 Å². The molecule has 1 aromatic heterocycles.